The van der Waals surface area contributed by atoms with E-state index < -0.39 is 0 Å². The third kappa shape index (κ3) is 2.34. The molecule has 0 fully saturated rings. The van der Waals surface area contributed by atoms with Crippen molar-refractivity contribution in [2.75, 3.05) is 18.0 Å². The van der Waals surface area contributed by atoms with Crippen molar-refractivity contribution in [1.29, 1.82) is 0 Å². The van der Waals surface area contributed by atoms with Crippen LogP contribution in [-0.4, -0.2) is 25.1 Å². The lowest BCUT2D eigenvalue weighted by molar-refractivity contribution is -0.122. The van der Waals surface area contributed by atoms with Crippen molar-refractivity contribution in [2.45, 2.75) is 26.9 Å². The first-order valence-electron chi connectivity index (χ1n) is 6.31. The first-order chi connectivity index (χ1) is 8.52. The highest BCUT2D eigenvalue weighted by Crippen LogP contribution is 2.34. The molecule has 2 rings (SSSR count). The molecule has 0 bridgehead atoms. The van der Waals surface area contributed by atoms with Crippen LogP contribution in [0.2, 0.25) is 0 Å². The van der Waals surface area contributed by atoms with E-state index in [9.17, 15) is 4.79 Å². The number of amides is 1. The number of fused-ring (bicyclic) bond motifs is 1. The molecule has 1 aliphatic rings. The molecule has 0 saturated carbocycles. The maximum Gasteiger partial charge on any atom is 0.231 e. The number of nitrogens with zero attached hydrogens (tertiary/aromatic N) is 1. The first-order valence-corrected chi connectivity index (χ1v) is 6.31. The molecule has 0 aromatic heterocycles. The van der Waals surface area contributed by atoms with Crippen LogP contribution >= 0.6 is 0 Å². The van der Waals surface area contributed by atoms with Gasteiger partial charge < -0.3 is 15.4 Å². The van der Waals surface area contributed by atoms with Crippen LogP contribution in [0.1, 0.15) is 19.4 Å². The molecule has 4 heteroatoms. The van der Waals surface area contributed by atoms with E-state index in [0.717, 1.165) is 17.0 Å². The van der Waals surface area contributed by atoms with E-state index in [-0.39, 0.29) is 17.9 Å². The van der Waals surface area contributed by atoms with Crippen LogP contribution < -0.4 is 15.4 Å². The van der Waals surface area contributed by atoms with Gasteiger partial charge in [-0.15, -0.1) is 0 Å². The summed E-state index contributed by atoms with van der Waals surface area (Å²) in [5.41, 5.74) is 7.56. The van der Waals surface area contributed by atoms with E-state index in [0.29, 0.717) is 13.1 Å². The van der Waals surface area contributed by atoms with Crippen LogP contribution in [0.3, 0.4) is 0 Å². The van der Waals surface area contributed by atoms with Gasteiger partial charge in [-0.2, -0.15) is 0 Å². The number of benzene rings is 1. The monoisotopic (exact) mass is 248 g/mol. The maximum atomic E-state index is 12.3. The second-order valence-electron chi connectivity index (χ2n) is 4.99. The summed E-state index contributed by atoms with van der Waals surface area (Å²) in [4.78, 5) is 14.1. The molecule has 4 nitrogen and oxygen atoms in total. The number of hydrogen-bond donors (Lipinski definition) is 1. The first kappa shape index (κ1) is 12.9. The summed E-state index contributed by atoms with van der Waals surface area (Å²) < 4.78 is 5.78. The van der Waals surface area contributed by atoms with Gasteiger partial charge in [-0.25, -0.2) is 0 Å². The quantitative estimate of drug-likeness (QED) is 0.866. The average Bonchev–Trinajstić information content (AvgIpc) is 2.35. The second kappa shape index (κ2) is 4.98. The molecule has 1 aromatic carbocycles. The number of aryl methyl sites for hydroxylation is 1. The normalized spacial score (nSPS) is 20.0. The maximum absolute atomic E-state index is 12.3. The lowest BCUT2D eigenvalue weighted by Crippen LogP contribution is -2.45. The van der Waals surface area contributed by atoms with Gasteiger partial charge in [0.1, 0.15) is 11.9 Å². The molecule has 2 unspecified atom stereocenters. The average molecular weight is 248 g/mol. The van der Waals surface area contributed by atoms with Crippen molar-refractivity contribution in [3.8, 4) is 5.75 Å². The standard InChI is InChI=1S/C14H20N2O2/c1-9-4-5-12-13(6-9)18-11(3)8-16(12)14(17)10(2)7-15/h4-6,10-11H,7-8,15H2,1-3H3. The van der Waals surface area contributed by atoms with Crippen molar-refractivity contribution >= 4 is 11.6 Å². The van der Waals surface area contributed by atoms with E-state index in [4.69, 9.17) is 10.5 Å². The Hall–Kier alpha value is -1.55. The van der Waals surface area contributed by atoms with Crippen LogP contribution in [0, 0.1) is 12.8 Å². The number of anilines is 1. The third-order valence-corrected chi connectivity index (χ3v) is 3.22. The van der Waals surface area contributed by atoms with Crippen LogP contribution in [0.4, 0.5) is 5.69 Å². The Morgan fingerprint density at radius 3 is 3.00 bits per heavy atom. The molecule has 2 N–H and O–H groups in total. The Bertz CT molecular complexity index is 459. The van der Waals surface area contributed by atoms with E-state index in [1.54, 1.807) is 4.90 Å². The number of carbonyl (C=O) groups is 1. The summed E-state index contributed by atoms with van der Waals surface area (Å²) in [6, 6.07) is 5.90. The molecular formula is C14H20N2O2. The zero-order chi connectivity index (χ0) is 13.3. The van der Waals surface area contributed by atoms with Crippen LogP contribution in [-0.2, 0) is 4.79 Å². The summed E-state index contributed by atoms with van der Waals surface area (Å²) in [5, 5.41) is 0. The Morgan fingerprint density at radius 1 is 1.61 bits per heavy atom. The Labute approximate surface area is 108 Å². The summed E-state index contributed by atoms with van der Waals surface area (Å²) in [6.45, 7) is 6.79. The number of carbonyl (C=O) groups excluding carboxylic acids is 1. The molecule has 0 radical (unpaired) electrons. The van der Waals surface area contributed by atoms with Gasteiger partial charge in [-0.05, 0) is 31.5 Å². The minimum atomic E-state index is -0.163. The van der Waals surface area contributed by atoms with Gasteiger partial charge in [0, 0.05) is 12.5 Å². The number of ether oxygens (including phenoxy) is 1. The fourth-order valence-corrected chi connectivity index (χ4v) is 2.12. The highest BCUT2D eigenvalue weighted by atomic mass is 16.5. The summed E-state index contributed by atoms with van der Waals surface area (Å²) in [6.07, 6.45) is 0.00762. The van der Waals surface area contributed by atoms with E-state index in [1.807, 2.05) is 39.0 Å². The molecule has 98 valence electrons. The smallest absolute Gasteiger partial charge is 0.231 e. The zero-order valence-corrected chi connectivity index (χ0v) is 11.1. The minimum absolute atomic E-state index is 0.00762. The molecule has 18 heavy (non-hydrogen) atoms. The van der Waals surface area contributed by atoms with Crippen molar-refractivity contribution in [2.24, 2.45) is 11.7 Å². The van der Waals surface area contributed by atoms with Crippen molar-refractivity contribution in [3.63, 3.8) is 0 Å². The fraction of sp³-hybridized carbons (Fsp3) is 0.500. The van der Waals surface area contributed by atoms with E-state index in [1.165, 1.54) is 0 Å². The topological polar surface area (TPSA) is 55.6 Å². The summed E-state index contributed by atoms with van der Waals surface area (Å²) in [7, 11) is 0. The molecule has 1 aliphatic heterocycles. The lowest BCUT2D eigenvalue weighted by atomic mass is 10.1. The van der Waals surface area contributed by atoms with E-state index >= 15 is 0 Å². The predicted molar refractivity (Wildman–Crippen MR) is 71.8 cm³/mol. The van der Waals surface area contributed by atoms with Gasteiger partial charge in [-0.3, -0.25) is 4.79 Å². The number of nitrogens with two attached hydrogens (primary N) is 1. The summed E-state index contributed by atoms with van der Waals surface area (Å²) >= 11 is 0. The zero-order valence-electron chi connectivity index (χ0n) is 11.1. The van der Waals surface area contributed by atoms with Crippen molar-refractivity contribution in [1.82, 2.24) is 0 Å². The molecule has 0 spiro atoms. The number of hydrogen-bond acceptors (Lipinski definition) is 3. The van der Waals surface area contributed by atoms with Crippen LogP contribution in [0.5, 0.6) is 5.75 Å². The Balaban J connectivity index is 2.36. The van der Waals surface area contributed by atoms with Crippen molar-refractivity contribution < 1.29 is 9.53 Å². The third-order valence-electron chi connectivity index (χ3n) is 3.22. The van der Waals surface area contributed by atoms with Crippen LogP contribution in [0.15, 0.2) is 18.2 Å². The van der Waals surface area contributed by atoms with Gasteiger partial charge in [0.25, 0.3) is 0 Å². The molecule has 1 amide bonds. The van der Waals surface area contributed by atoms with Gasteiger partial charge >= 0.3 is 0 Å². The van der Waals surface area contributed by atoms with E-state index in [2.05, 4.69) is 0 Å². The fourth-order valence-electron chi connectivity index (χ4n) is 2.12. The SMILES string of the molecule is Cc1ccc2c(c1)OC(C)CN2C(=O)C(C)CN. The molecular weight excluding hydrogens is 228 g/mol. The molecule has 1 heterocycles. The molecule has 2 atom stereocenters. The summed E-state index contributed by atoms with van der Waals surface area (Å²) in [5.74, 6) is 0.688. The minimum Gasteiger partial charge on any atom is -0.487 e. The van der Waals surface area contributed by atoms with Gasteiger partial charge in [0.2, 0.25) is 5.91 Å². The van der Waals surface area contributed by atoms with Gasteiger partial charge in [0.05, 0.1) is 12.2 Å². The van der Waals surface area contributed by atoms with Crippen molar-refractivity contribution in [3.05, 3.63) is 23.8 Å². The van der Waals surface area contributed by atoms with Gasteiger partial charge in [0.15, 0.2) is 0 Å². The largest absolute Gasteiger partial charge is 0.487 e. The second-order valence-corrected chi connectivity index (χ2v) is 4.99. The molecule has 0 saturated heterocycles. The lowest BCUT2D eigenvalue weighted by Gasteiger charge is -2.35. The highest BCUT2D eigenvalue weighted by Gasteiger charge is 2.29. The number of rotatable bonds is 2. The Morgan fingerprint density at radius 2 is 2.33 bits per heavy atom. The molecule has 1 aromatic rings. The molecule has 0 aliphatic carbocycles. The predicted octanol–water partition coefficient (Wildman–Crippen LogP) is 1.70. The van der Waals surface area contributed by atoms with Gasteiger partial charge in [-0.1, -0.05) is 13.0 Å². The highest BCUT2D eigenvalue weighted by molar-refractivity contribution is 5.96. The van der Waals surface area contributed by atoms with Crippen LogP contribution in [0.25, 0.3) is 0 Å². The Kier molecular flexibility index (Phi) is 3.57.